The highest BCUT2D eigenvalue weighted by Gasteiger charge is 2.25. The van der Waals surface area contributed by atoms with Gasteiger partial charge >= 0.3 is 0 Å². The molecular formula is C30H43N3O3S. The van der Waals surface area contributed by atoms with Gasteiger partial charge in [0.25, 0.3) is 0 Å². The van der Waals surface area contributed by atoms with E-state index in [1.807, 2.05) is 32.0 Å². The molecule has 0 saturated carbocycles. The van der Waals surface area contributed by atoms with Crippen molar-refractivity contribution >= 4 is 34.1 Å². The number of nitrogens with zero attached hydrogens (tertiary/aromatic N) is 2. The second-order valence-corrected chi connectivity index (χ2v) is 11.5. The van der Waals surface area contributed by atoms with Gasteiger partial charge in [0.05, 0.1) is 23.7 Å². The number of hydrogen-bond acceptors (Lipinski definition) is 5. The number of carbonyl (C=O) groups is 2. The lowest BCUT2D eigenvalue weighted by Gasteiger charge is -2.19. The van der Waals surface area contributed by atoms with E-state index in [1.165, 1.54) is 4.88 Å². The van der Waals surface area contributed by atoms with E-state index >= 15 is 0 Å². The molecule has 2 aromatic heterocycles. The van der Waals surface area contributed by atoms with Crippen LogP contribution in [0.3, 0.4) is 0 Å². The van der Waals surface area contributed by atoms with E-state index in [0.29, 0.717) is 37.1 Å². The fourth-order valence-electron chi connectivity index (χ4n) is 4.88. The summed E-state index contributed by atoms with van der Waals surface area (Å²) in [5.41, 5.74) is 2.53. The number of benzene rings is 1. The summed E-state index contributed by atoms with van der Waals surface area (Å²) in [5.74, 6) is 0.897. The summed E-state index contributed by atoms with van der Waals surface area (Å²) in [7, 11) is 0. The first-order valence-corrected chi connectivity index (χ1v) is 14.6. The molecule has 3 rings (SSSR count). The number of ketones is 1. The largest absolute Gasteiger partial charge is 0.377 e. The molecule has 37 heavy (non-hydrogen) atoms. The highest BCUT2D eigenvalue weighted by atomic mass is 32.1. The number of Topliss-reactive ketones (excluding diaryl/α,β-unsaturated/α-hetero) is 1. The number of thiophene rings is 1. The molecule has 1 N–H and O–H groups in total. The van der Waals surface area contributed by atoms with E-state index < -0.39 is 0 Å². The lowest BCUT2D eigenvalue weighted by atomic mass is 9.89. The van der Waals surface area contributed by atoms with E-state index in [-0.39, 0.29) is 30.1 Å². The van der Waals surface area contributed by atoms with Gasteiger partial charge in [-0.2, -0.15) is 0 Å². The number of amides is 1. The van der Waals surface area contributed by atoms with Crippen LogP contribution in [0.25, 0.3) is 11.0 Å². The van der Waals surface area contributed by atoms with Gasteiger partial charge in [-0.1, -0.05) is 33.8 Å². The molecule has 2 heterocycles. The van der Waals surface area contributed by atoms with Crippen molar-refractivity contribution in [1.29, 1.82) is 0 Å². The molecule has 0 unspecified atom stereocenters. The van der Waals surface area contributed by atoms with Crippen LogP contribution in [0.15, 0.2) is 35.7 Å². The predicted molar refractivity (Wildman–Crippen MR) is 152 cm³/mol. The molecule has 1 atom stereocenters. The quantitative estimate of drug-likeness (QED) is 0.174. The SMILES string of the molecule is CCC(CC)n1c(Cc2cccs2)nc2cc(C(=O)C[C@@H](CC(C)C)C(=O)NCCOC(C)C)ccc21. The molecule has 0 aliphatic rings. The third-order valence-corrected chi connectivity index (χ3v) is 7.59. The van der Waals surface area contributed by atoms with Crippen LogP contribution >= 0.6 is 11.3 Å². The van der Waals surface area contributed by atoms with Crippen LogP contribution in [-0.2, 0) is 16.0 Å². The molecular weight excluding hydrogens is 482 g/mol. The molecule has 0 aliphatic carbocycles. The first kappa shape index (κ1) is 29.1. The summed E-state index contributed by atoms with van der Waals surface area (Å²) in [4.78, 5) is 32.5. The Hall–Kier alpha value is -2.51. The molecule has 0 radical (unpaired) electrons. The molecule has 0 fully saturated rings. The summed E-state index contributed by atoms with van der Waals surface area (Å²) in [6, 6.07) is 10.4. The van der Waals surface area contributed by atoms with Crippen LogP contribution in [0.5, 0.6) is 0 Å². The number of carbonyl (C=O) groups excluding carboxylic acids is 2. The molecule has 0 bridgehead atoms. The van der Waals surface area contributed by atoms with E-state index in [0.717, 1.165) is 36.1 Å². The molecule has 0 saturated heterocycles. The maximum Gasteiger partial charge on any atom is 0.223 e. The first-order chi connectivity index (χ1) is 17.7. The van der Waals surface area contributed by atoms with Crippen molar-refractivity contribution in [3.8, 4) is 0 Å². The van der Waals surface area contributed by atoms with Gasteiger partial charge in [0.2, 0.25) is 5.91 Å². The number of hydrogen-bond donors (Lipinski definition) is 1. The number of ether oxygens (including phenoxy) is 1. The average molecular weight is 526 g/mol. The van der Waals surface area contributed by atoms with Crippen molar-refractivity contribution in [3.05, 3.63) is 52.0 Å². The zero-order valence-corrected chi connectivity index (χ0v) is 24.1. The van der Waals surface area contributed by atoms with E-state index in [2.05, 4.69) is 55.1 Å². The Kier molecular flexibility index (Phi) is 10.9. The molecule has 202 valence electrons. The molecule has 0 spiro atoms. The van der Waals surface area contributed by atoms with Gasteiger partial charge in [-0.3, -0.25) is 9.59 Å². The van der Waals surface area contributed by atoms with E-state index in [9.17, 15) is 9.59 Å². The summed E-state index contributed by atoms with van der Waals surface area (Å²) in [5, 5.41) is 5.05. The smallest absolute Gasteiger partial charge is 0.223 e. The number of fused-ring (bicyclic) bond motifs is 1. The number of imidazole rings is 1. The molecule has 3 aromatic rings. The third-order valence-electron chi connectivity index (χ3n) is 6.72. The molecule has 1 amide bonds. The van der Waals surface area contributed by atoms with Crippen LogP contribution in [0, 0.1) is 11.8 Å². The Bertz CT molecular complexity index is 1150. The maximum atomic E-state index is 13.4. The zero-order chi connectivity index (χ0) is 26.9. The van der Waals surface area contributed by atoms with Crippen molar-refractivity contribution in [3.63, 3.8) is 0 Å². The van der Waals surface area contributed by atoms with Crippen molar-refractivity contribution in [2.75, 3.05) is 13.2 Å². The molecule has 6 nitrogen and oxygen atoms in total. The Morgan fingerprint density at radius 1 is 1.11 bits per heavy atom. The van der Waals surface area contributed by atoms with Gasteiger partial charge in [0, 0.05) is 41.8 Å². The van der Waals surface area contributed by atoms with Crippen molar-refractivity contribution in [2.24, 2.45) is 11.8 Å². The number of nitrogens with one attached hydrogen (secondary N) is 1. The highest BCUT2D eigenvalue weighted by molar-refractivity contribution is 7.09. The van der Waals surface area contributed by atoms with Crippen LogP contribution in [0.4, 0.5) is 0 Å². The van der Waals surface area contributed by atoms with Crippen molar-refractivity contribution in [1.82, 2.24) is 14.9 Å². The van der Waals surface area contributed by atoms with Gasteiger partial charge in [0.1, 0.15) is 5.82 Å². The summed E-state index contributed by atoms with van der Waals surface area (Å²) < 4.78 is 7.89. The van der Waals surface area contributed by atoms with Gasteiger partial charge in [0.15, 0.2) is 5.78 Å². The Labute approximate surface area is 225 Å². The first-order valence-electron chi connectivity index (χ1n) is 13.7. The van der Waals surface area contributed by atoms with Gasteiger partial charge in [-0.05, 0) is 68.7 Å². The maximum absolute atomic E-state index is 13.4. The fourth-order valence-corrected chi connectivity index (χ4v) is 5.59. The predicted octanol–water partition coefficient (Wildman–Crippen LogP) is 6.83. The van der Waals surface area contributed by atoms with Gasteiger partial charge < -0.3 is 14.6 Å². The second-order valence-electron chi connectivity index (χ2n) is 10.5. The Morgan fingerprint density at radius 2 is 1.86 bits per heavy atom. The summed E-state index contributed by atoms with van der Waals surface area (Å²) >= 11 is 1.74. The Morgan fingerprint density at radius 3 is 2.49 bits per heavy atom. The fraction of sp³-hybridized carbons (Fsp3) is 0.567. The summed E-state index contributed by atoms with van der Waals surface area (Å²) in [6.07, 6.45) is 3.81. The van der Waals surface area contributed by atoms with E-state index in [1.54, 1.807) is 11.3 Å². The zero-order valence-electron chi connectivity index (χ0n) is 23.3. The lowest BCUT2D eigenvalue weighted by molar-refractivity contribution is -0.125. The van der Waals surface area contributed by atoms with Crippen LogP contribution in [0.1, 0.15) is 94.3 Å². The number of aromatic nitrogens is 2. The third kappa shape index (κ3) is 7.99. The van der Waals surface area contributed by atoms with Crippen LogP contribution in [-0.4, -0.2) is 40.5 Å². The minimum atomic E-state index is -0.362. The van der Waals surface area contributed by atoms with Crippen LogP contribution in [0.2, 0.25) is 0 Å². The number of rotatable bonds is 15. The normalized spacial score (nSPS) is 12.7. The van der Waals surface area contributed by atoms with Crippen LogP contribution < -0.4 is 5.32 Å². The van der Waals surface area contributed by atoms with E-state index in [4.69, 9.17) is 9.72 Å². The minimum absolute atomic E-state index is 0.0157. The van der Waals surface area contributed by atoms with Crippen molar-refractivity contribution in [2.45, 2.75) is 85.8 Å². The van der Waals surface area contributed by atoms with Crippen molar-refractivity contribution < 1.29 is 14.3 Å². The Balaban J connectivity index is 1.82. The van der Waals surface area contributed by atoms with Gasteiger partial charge in [-0.25, -0.2) is 4.98 Å². The minimum Gasteiger partial charge on any atom is -0.377 e. The highest BCUT2D eigenvalue weighted by Crippen LogP contribution is 2.29. The molecule has 0 aliphatic heterocycles. The standard InChI is InChI=1S/C30H43N3O3S/c1-7-24(8-2)33-27-12-11-22(17-26(27)32-29(33)19-25-10-9-15-37-25)28(34)18-23(16-20(3)4)30(35)31-13-14-36-21(5)6/h9-12,15,17,20-21,23-24H,7-8,13-14,16,18-19H2,1-6H3,(H,31,35)/t23-/m1/s1. The lowest BCUT2D eigenvalue weighted by Crippen LogP contribution is -2.35. The second kappa shape index (κ2) is 13.9. The monoisotopic (exact) mass is 525 g/mol. The molecule has 7 heteroatoms. The summed E-state index contributed by atoms with van der Waals surface area (Å²) in [6.45, 7) is 13.4. The topological polar surface area (TPSA) is 73.2 Å². The molecule has 1 aromatic carbocycles. The average Bonchev–Trinajstić information content (AvgIpc) is 3.49. The van der Waals surface area contributed by atoms with Gasteiger partial charge in [-0.15, -0.1) is 11.3 Å².